The fraction of sp³-hybridized carbons (Fsp3) is 0.226. The second-order valence-electron chi connectivity index (χ2n) is 9.64. The summed E-state index contributed by atoms with van der Waals surface area (Å²) in [6.45, 7) is 5.36. The van der Waals surface area contributed by atoms with Crippen molar-refractivity contribution in [1.29, 1.82) is 0 Å². The Balaban J connectivity index is 1.64. The molecule has 10 nitrogen and oxygen atoms in total. The van der Waals surface area contributed by atoms with E-state index in [4.69, 9.17) is 25.8 Å². The summed E-state index contributed by atoms with van der Waals surface area (Å²) in [6, 6.07) is 18.7. The van der Waals surface area contributed by atoms with E-state index in [2.05, 4.69) is 21.2 Å². The number of anilines is 1. The van der Waals surface area contributed by atoms with E-state index in [1.165, 1.54) is 57.9 Å². The summed E-state index contributed by atoms with van der Waals surface area (Å²) < 4.78 is 46.9. The van der Waals surface area contributed by atoms with Crippen LogP contribution < -0.4 is 23.9 Å². The standard InChI is InChI=1S/C31H33ClN4O6S/c1-20-8-7-9-25(14-20)36-21(2)15-23(22(36)3)18-33-34-31(37)19-35(27-16-24(32)10-12-28(27)40-4)43(38,39)26-11-13-29(41-5)30(17-26)42-6/h7-18H,19H2,1-6H3,(H,34,37)/b33-18+. The van der Waals surface area contributed by atoms with Crippen molar-refractivity contribution in [3.8, 4) is 22.9 Å². The van der Waals surface area contributed by atoms with Crippen LogP contribution in [0.2, 0.25) is 5.02 Å². The quantitative estimate of drug-likeness (QED) is 0.176. The van der Waals surface area contributed by atoms with Gasteiger partial charge in [-0.1, -0.05) is 23.7 Å². The van der Waals surface area contributed by atoms with Gasteiger partial charge in [0, 0.05) is 33.7 Å². The average molecular weight is 625 g/mol. The van der Waals surface area contributed by atoms with Gasteiger partial charge in [-0.05, 0) is 74.9 Å². The third kappa shape index (κ3) is 6.79. The van der Waals surface area contributed by atoms with E-state index < -0.39 is 22.5 Å². The van der Waals surface area contributed by atoms with Crippen LogP contribution in [0.15, 0.2) is 76.7 Å². The van der Waals surface area contributed by atoms with E-state index in [0.717, 1.165) is 32.5 Å². The number of methoxy groups -OCH3 is 3. The number of hydrogen-bond donors (Lipinski definition) is 1. The Bertz CT molecular complexity index is 1790. The van der Waals surface area contributed by atoms with E-state index in [-0.39, 0.29) is 27.1 Å². The number of aromatic nitrogens is 1. The first kappa shape index (κ1) is 31.5. The van der Waals surface area contributed by atoms with Crippen LogP contribution in [0.5, 0.6) is 17.2 Å². The van der Waals surface area contributed by atoms with Crippen molar-refractivity contribution in [3.05, 3.63) is 94.3 Å². The normalized spacial score (nSPS) is 11.4. The van der Waals surface area contributed by atoms with Gasteiger partial charge in [0.25, 0.3) is 15.9 Å². The number of rotatable bonds is 11. The lowest BCUT2D eigenvalue weighted by Crippen LogP contribution is -2.39. The number of nitrogens with zero attached hydrogens (tertiary/aromatic N) is 3. The maximum absolute atomic E-state index is 14.0. The SMILES string of the molecule is COc1ccc(S(=O)(=O)N(CC(=O)N/N=C/c2cc(C)n(-c3cccc(C)c3)c2C)c2cc(Cl)ccc2OC)cc1OC. The molecule has 0 spiro atoms. The van der Waals surface area contributed by atoms with E-state index in [1.54, 1.807) is 6.07 Å². The van der Waals surface area contributed by atoms with Gasteiger partial charge in [0.2, 0.25) is 0 Å². The summed E-state index contributed by atoms with van der Waals surface area (Å²) >= 11 is 6.23. The van der Waals surface area contributed by atoms with Crippen LogP contribution in [0.4, 0.5) is 5.69 Å². The molecule has 3 aromatic carbocycles. The maximum Gasteiger partial charge on any atom is 0.265 e. The number of nitrogens with one attached hydrogen (secondary N) is 1. The number of ether oxygens (including phenoxy) is 3. The van der Waals surface area contributed by atoms with Crippen molar-refractivity contribution in [3.63, 3.8) is 0 Å². The highest BCUT2D eigenvalue weighted by atomic mass is 35.5. The van der Waals surface area contributed by atoms with Crippen molar-refractivity contribution in [1.82, 2.24) is 9.99 Å². The molecule has 1 N–H and O–H groups in total. The van der Waals surface area contributed by atoms with Gasteiger partial charge in [-0.25, -0.2) is 13.8 Å². The summed E-state index contributed by atoms with van der Waals surface area (Å²) in [5.74, 6) is 0.0734. The maximum atomic E-state index is 14.0. The summed E-state index contributed by atoms with van der Waals surface area (Å²) in [5, 5.41) is 4.38. The number of carbonyl (C=O) groups excluding carboxylic acids is 1. The molecule has 0 aliphatic heterocycles. The van der Waals surface area contributed by atoms with Crippen LogP contribution in [-0.2, 0) is 14.8 Å². The van der Waals surface area contributed by atoms with E-state index in [0.29, 0.717) is 5.75 Å². The molecule has 0 aliphatic carbocycles. The topological polar surface area (TPSA) is 111 Å². The summed E-state index contributed by atoms with van der Waals surface area (Å²) in [5.41, 5.74) is 7.40. The predicted octanol–water partition coefficient (Wildman–Crippen LogP) is 5.43. The Morgan fingerprint density at radius 3 is 2.30 bits per heavy atom. The minimum Gasteiger partial charge on any atom is -0.495 e. The third-order valence-electron chi connectivity index (χ3n) is 6.76. The van der Waals surface area contributed by atoms with Crippen LogP contribution in [0, 0.1) is 20.8 Å². The fourth-order valence-corrected chi connectivity index (χ4v) is 6.29. The summed E-state index contributed by atoms with van der Waals surface area (Å²) in [7, 11) is -0.0957. The first-order valence-electron chi connectivity index (χ1n) is 13.2. The number of aryl methyl sites for hydroxylation is 2. The minimum absolute atomic E-state index is 0.0746. The first-order valence-corrected chi connectivity index (χ1v) is 15.0. The molecule has 1 aromatic heterocycles. The molecule has 226 valence electrons. The monoisotopic (exact) mass is 624 g/mol. The molecule has 4 aromatic rings. The molecular formula is C31H33ClN4O6S. The summed E-state index contributed by atoms with van der Waals surface area (Å²) in [4.78, 5) is 13.0. The number of halogens is 1. The van der Waals surface area contributed by atoms with Crippen LogP contribution in [0.25, 0.3) is 5.69 Å². The molecular weight excluding hydrogens is 592 g/mol. The molecule has 12 heteroatoms. The largest absolute Gasteiger partial charge is 0.495 e. The highest BCUT2D eigenvalue weighted by Gasteiger charge is 2.30. The van der Waals surface area contributed by atoms with Gasteiger partial charge < -0.3 is 18.8 Å². The third-order valence-corrected chi connectivity index (χ3v) is 8.75. The Labute approximate surface area is 256 Å². The van der Waals surface area contributed by atoms with Gasteiger partial charge in [0.15, 0.2) is 11.5 Å². The van der Waals surface area contributed by atoms with Crippen LogP contribution >= 0.6 is 11.6 Å². The lowest BCUT2D eigenvalue weighted by molar-refractivity contribution is -0.119. The second-order valence-corrected chi connectivity index (χ2v) is 11.9. The lowest BCUT2D eigenvalue weighted by atomic mass is 10.2. The molecule has 0 unspecified atom stereocenters. The van der Waals surface area contributed by atoms with Crippen LogP contribution in [0.1, 0.15) is 22.5 Å². The molecule has 0 atom stereocenters. The van der Waals surface area contributed by atoms with E-state index >= 15 is 0 Å². The Morgan fingerprint density at radius 1 is 0.930 bits per heavy atom. The average Bonchev–Trinajstić information content (AvgIpc) is 3.27. The van der Waals surface area contributed by atoms with Crippen molar-refractivity contribution >= 4 is 39.4 Å². The lowest BCUT2D eigenvalue weighted by Gasteiger charge is -2.25. The first-order chi connectivity index (χ1) is 20.5. The number of hydrazone groups is 1. The van der Waals surface area contributed by atoms with Crippen molar-refractivity contribution < 1.29 is 27.4 Å². The fourth-order valence-electron chi connectivity index (χ4n) is 4.68. The summed E-state index contributed by atoms with van der Waals surface area (Å²) in [6.07, 6.45) is 1.53. The number of sulfonamides is 1. The Kier molecular flexibility index (Phi) is 9.67. The van der Waals surface area contributed by atoms with Gasteiger partial charge in [-0.15, -0.1) is 0 Å². The van der Waals surface area contributed by atoms with Crippen LogP contribution in [0.3, 0.4) is 0 Å². The highest BCUT2D eigenvalue weighted by Crippen LogP contribution is 2.37. The highest BCUT2D eigenvalue weighted by molar-refractivity contribution is 7.92. The second kappa shape index (κ2) is 13.2. The van der Waals surface area contributed by atoms with Crippen molar-refractivity contribution in [2.75, 3.05) is 32.2 Å². The number of amides is 1. The molecule has 1 heterocycles. The van der Waals surface area contributed by atoms with Crippen molar-refractivity contribution in [2.45, 2.75) is 25.7 Å². The number of carbonyl (C=O) groups is 1. The number of benzene rings is 3. The van der Waals surface area contributed by atoms with Gasteiger partial charge in [0.1, 0.15) is 12.3 Å². The van der Waals surface area contributed by atoms with E-state index in [9.17, 15) is 13.2 Å². The zero-order chi connectivity index (χ0) is 31.3. The molecule has 4 rings (SSSR count). The molecule has 43 heavy (non-hydrogen) atoms. The van der Waals surface area contributed by atoms with Crippen molar-refractivity contribution in [2.24, 2.45) is 5.10 Å². The Hall–Kier alpha value is -4.48. The van der Waals surface area contributed by atoms with E-state index in [1.807, 2.05) is 45.0 Å². The van der Waals surface area contributed by atoms with Crippen LogP contribution in [-0.4, -0.2) is 53.0 Å². The Morgan fingerprint density at radius 2 is 1.63 bits per heavy atom. The molecule has 0 fully saturated rings. The molecule has 0 saturated carbocycles. The predicted molar refractivity (Wildman–Crippen MR) is 168 cm³/mol. The van der Waals surface area contributed by atoms with Gasteiger partial charge >= 0.3 is 0 Å². The molecule has 0 radical (unpaired) electrons. The zero-order valence-electron chi connectivity index (χ0n) is 24.7. The molecule has 0 aliphatic rings. The smallest absolute Gasteiger partial charge is 0.265 e. The van der Waals surface area contributed by atoms with Gasteiger partial charge in [-0.2, -0.15) is 5.10 Å². The molecule has 0 saturated heterocycles. The van der Waals surface area contributed by atoms with Gasteiger partial charge in [0.05, 0.1) is 38.1 Å². The zero-order valence-corrected chi connectivity index (χ0v) is 26.3. The number of hydrogen-bond acceptors (Lipinski definition) is 7. The molecule has 0 bridgehead atoms. The van der Waals surface area contributed by atoms with Gasteiger partial charge in [-0.3, -0.25) is 9.10 Å². The minimum atomic E-state index is -4.33. The molecule has 1 amide bonds.